The molecule has 0 atom stereocenters. The molecule has 4 nitrogen and oxygen atoms in total. The van der Waals surface area contributed by atoms with Gasteiger partial charge in [-0.05, 0) is 44.5 Å². The molecule has 94 valence electrons. The number of aldehydes is 1. The SMILES string of the molecule is Cc1cccn2c(C3CCNCC3)nc(C=O)c12. The van der Waals surface area contributed by atoms with Crippen LogP contribution in [0.15, 0.2) is 18.3 Å². The van der Waals surface area contributed by atoms with E-state index in [1.807, 2.05) is 25.3 Å². The van der Waals surface area contributed by atoms with E-state index in [4.69, 9.17) is 0 Å². The van der Waals surface area contributed by atoms with E-state index in [0.717, 1.165) is 49.1 Å². The van der Waals surface area contributed by atoms with Crippen LogP contribution in [-0.2, 0) is 0 Å². The smallest absolute Gasteiger partial charge is 0.170 e. The number of pyridine rings is 1. The van der Waals surface area contributed by atoms with Gasteiger partial charge in [-0.2, -0.15) is 0 Å². The normalized spacial score (nSPS) is 17.2. The Kier molecular flexibility index (Phi) is 2.88. The molecule has 3 heterocycles. The molecule has 3 rings (SSSR count). The summed E-state index contributed by atoms with van der Waals surface area (Å²) >= 11 is 0. The van der Waals surface area contributed by atoms with Gasteiger partial charge in [0.15, 0.2) is 6.29 Å². The van der Waals surface area contributed by atoms with Crippen molar-refractivity contribution >= 4 is 11.8 Å². The molecule has 2 aromatic heterocycles. The Labute approximate surface area is 106 Å². The highest BCUT2D eigenvalue weighted by Gasteiger charge is 2.22. The molecule has 0 aliphatic carbocycles. The molecule has 1 aliphatic heterocycles. The highest BCUT2D eigenvalue weighted by molar-refractivity contribution is 5.85. The first-order valence-corrected chi connectivity index (χ1v) is 6.44. The topological polar surface area (TPSA) is 46.4 Å². The minimum atomic E-state index is 0.453. The summed E-state index contributed by atoms with van der Waals surface area (Å²) in [5.74, 6) is 1.49. The molecule has 0 amide bonds. The van der Waals surface area contributed by atoms with Crippen LogP contribution in [0.5, 0.6) is 0 Å². The quantitative estimate of drug-likeness (QED) is 0.820. The zero-order valence-electron chi connectivity index (χ0n) is 10.5. The number of aryl methyl sites for hydroxylation is 1. The number of nitrogens with zero attached hydrogens (tertiary/aromatic N) is 2. The lowest BCUT2D eigenvalue weighted by Crippen LogP contribution is -2.27. The molecule has 0 aromatic carbocycles. The van der Waals surface area contributed by atoms with Crippen molar-refractivity contribution in [3.05, 3.63) is 35.4 Å². The lowest BCUT2D eigenvalue weighted by molar-refractivity contribution is 0.112. The lowest BCUT2D eigenvalue weighted by Gasteiger charge is -2.21. The first-order valence-electron chi connectivity index (χ1n) is 6.44. The lowest BCUT2D eigenvalue weighted by atomic mass is 9.97. The zero-order valence-corrected chi connectivity index (χ0v) is 10.5. The van der Waals surface area contributed by atoms with E-state index in [9.17, 15) is 4.79 Å². The third kappa shape index (κ3) is 1.73. The van der Waals surface area contributed by atoms with Crippen LogP contribution in [0.2, 0.25) is 0 Å². The monoisotopic (exact) mass is 243 g/mol. The Morgan fingerprint density at radius 3 is 2.94 bits per heavy atom. The summed E-state index contributed by atoms with van der Waals surface area (Å²) in [7, 11) is 0. The number of hydrogen-bond donors (Lipinski definition) is 1. The number of hydrogen-bond acceptors (Lipinski definition) is 3. The van der Waals surface area contributed by atoms with Crippen molar-refractivity contribution in [3.8, 4) is 0 Å². The molecule has 18 heavy (non-hydrogen) atoms. The molecule has 0 radical (unpaired) electrons. The van der Waals surface area contributed by atoms with Gasteiger partial charge in [-0.25, -0.2) is 4.98 Å². The van der Waals surface area contributed by atoms with Gasteiger partial charge in [0.05, 0.1) is 5.52 Å². The maximum atomic E-state index is 11.2. The predicted octanol–water partition coefficient (Wildman–Crippen LogP) is 1.92. The Hall–Kier alpha value is -1.68. The van der Waals surface area contributed by atoms with Gasteiger partial charge in [0.1, 0.15) is 11.5 Å². The molecule has 1 fully saturated rings. The number of nitrogens with one attached hydrogen (secondary N) is 1. The van der Waals surface area contributed by atoms with Crippen molar-refractivity contribution in [2.45, 2.75) is 25.7 Å². The van der Waals surface area contributed by atoms with Crippen molar-refractivity contribution in [2.24, 2.45) is 0 Å². The van der Waals surface area contributed by atoms with E-state index in [1.54, 1.807) is 0 Å². The van der Waals surface area contributed by atoms with Crippen molar-refractivity contribution in [3.63, 3.8) is 0 Å². The highest BCUT2D eigenvalue weighted by Crippen LogP contribution is 2.27. The number of imidazole rings is 1. The second kappa shape index (κ2) is 4.53. The van der Waals surface area contributed by atoms with Crippen molar-refractivity contribution in [1.82, 2.24) is 14.7 Å². The van der Waals surface area contributed by atoms with Gasteiger partial charge in [0, 0.05) is 12.1 Å². The van der Waals surface area contributed by atoms with E-state index < -0.39 is 0 Å². The van der Waals surface area contributed by atoms with Crippen molar-refractivity contribution < 1.29 is 4.79 Å². The van der Waals surface area contributed by atoms with Gasteiger partial charge in [-0.1, -0.05) is 6.07 Å². The Morgan fingerprint density at radius 1 is 1.44 bits per heavy atom. The van der Waals surface area contributed by atoms with Gasteiger partial charge in [0.25, 0.3) is 0 Å². The third-order valence-electron chi connectivity index (χ3n) is 3.74. The molecular formula is C14H17N3O. The standard InChI is InChI=1S/C14H17N3O/c1-10-3-2-8-17-13(10)12(9-18)16-14(17)11-4-6-15-7-5-11/h2-3,8-9,11,15H,4-7H2,1H3. The van der Waals surface area contributed by atoms with Crippen LogP contribution in [0.25, 0.3) is 5.52 Å². The van der Waals surface area contributed by atoms with E-state index in [-0.39, 0.29) is 0 Å². The second-order valence-corrected chi connectivity index (χ2v) is 4.91. The minimum absolute atomic E-state index is 0.453. The van der Waals surface area contributed by atoms with Gasteiger partial charge in [0.2, 0.25) is 0 Å². The first kappa shape index (κ1) is 11.4. The Balaban J connectivity index is 2.17. The highest BCUT2D eigenvalue weighted by atomic mass is 16.1. The van der Waals surface area contributed by atoms with Crippen LogP contribution in [0, 0.1) is 6.92 Å². The van der Waals surface area contributed by atoms with Crippen LogP contribution in [0.4, 0.5) is 0 Å². The Morgan fingerprint density at radius 2 is 2.22 bits per heavy atom. The van der Waals surface area contributed by atoms with E-state index in [0.29, 0.717) is 11.6 Å². The fourth-order valence-electron chi connectivity index (χ4n) is 2.81. The molecular weight excluding hydrogens is 226 g/mol. The summed E-state index contributed by atoms with van der Waals surface area (Å²) in [4.78, 5) is 15.7. The molecule has 0 bridgehead atoms. The zero-order chi connectivity index (χ0) is 12.5. The molecule has 0 saturated carbocycles. The maximum absolute atomic E-state index is 11.2. The van der Waals surface area contributed by atoms with Crippen LogP contribution >= 0.6 is 0 Å². The summed E-state index contributed by atoms with van der Waals surface area (Å²) in [6, 6.07) is 4.04. The number of fused-ring (bicyclic) bond motifs is 1. The van der Waals surface area contributed by atoms with Crippen LogP contribution in [-0.4, -0.2) is 28.8 Å². The number of piperidine rings is 1. The number of carbonyl (C=O) groups is 1. The Bertz CT molecular complexity index is 582. The van der Waals surface area contributed by atoms with Gasteiger partial charge >= 0.3 is 0 Å². The van der Waals surface area contributed by atoms with Crippen LogP contribution < -0.4 is 5.32 Å². The summed E-state index contributed by atoms with van der Waals surface area (Å²) < 4.78 is 2.09. The van der Waals surface area contributed by atoms with E-state index in [1.165, 1.54) is 0 Å². The third-order valence-corrected chi connectivity index (χ3v) is 3.74. The average molecular weight is 243 g/mol. The molecule has 0 unspecified atom stereocenters. The fourth-order valence-corrected chi connectivity index (χ4v) is 2.81. The van der Waals surface area contributed by atoms with Crippen molar-refractivity contribution in [2.75, 3.05) is 13.1 Å². The summed E-state index contributed by atoms with van der Waals surface area (Å²) in [6.07, 6.45) is 5.06. The molecule has 2 aromatic rings. The largest absolute Gasteiger partial charge is 0.317 e. The number of aromatic nitrogens is 2. The summed E-state index contributed by atoms with van der Waals surface area (Å²) in [6.45, 7) is 4.08. The minimum Gasteiger partial charge on any atom is -0.317 e. The summed E-state index contributed by atoms with van der Waals surface area (Å²) in [5.41, 5.74) is 2.63. The van der Waals surface area contributed by atoms with Gasteiger partial charge in [-0.3, -0.25) is 4.79 Å². The molecule has 0 spiro atoms. The molecule has 1 saturated heterocycles. The molecule has 1 aliphatic rings. The summed E-state index contributed by atoms with van der Waals surface area (Å²) in [5, 5.41) is 3.36. The predicted molar refractivity (Wildman–Crippen MR) is 70.2 cm³/mol. The fraction of sp³-hybridized carbons (Fsp3) is 0.429. The van der Waals surface area contributed by atoms with E-state index in [2.05, 4.69) is 14.7 Å². The molecule has 1 N–H and O–H groups in total. The van der Waals surface area contributed by atoms with Crippen LogP contribution in [0.1, 0.15) is 40.6 Å². The van der Waals surface area contributed by atoms with Crippen molar-refractivity contribution in [1.29, 1.82) is 0 Å². The van der Waals surface area contributed by atoms with Gasteiger partial charge < -0.3 is 9.72 Å². The second-order valence-electron chi connectivity index (χ2n) is 4.91. The molecule has 4 heteroatoms. The first-order chi connectivity index (χ1) is 8.81. The van der Waals surface area contributed by atoms with E-state index >= 15 is 0 Å². The van der Waals surface area contributed by atoms with Crippen LogP contribution in [0.3, 0.4) is 0 Å². The maximum Gasteiger partial charge on any atom is 0.170 e. The average Bonchev–Trinajstić information content (AvgIpc) is 2.80. The van der Waals surface area contributed by atoms with Gasteiger partial charge in [-0.15, -0.1) is 0 Å². The number of rotatable bonds is 2. The number of carbonyl (C=O) groups excluding carboxylic acids is 1.